The molecule has 3 aromatic heterocycles. The third-order valence-electron chi connectivity index (χ3n) is 4.90. The Morgan fingerprint density at radius 1 is 1.03 bits per heavy atom. The van der Waals surface area contributed by atoms with Crippen LogP contribution in [-0.4, -0.2) is 19.7 Å². The van der Waals surface area contributed by atoms with Gasteiger partial charge in [-0.05, 0) is 31.2 Å². The van der Waals surface area contributed by atoms with Crippen LogP contribution in [0.5, 0.6) is 0 Å². The normalized spacial score (nSPS) is 11.1. The van der Waals surface area contributed by atoms with Gasteiger partial charge in [-0.3, -0.25) is 14.3 Å². The fraction of sp³-hybridized carbons (Fsp3) is 0.0833. The van der Waals surface area contributed by atoms with Gasteiger partial charge in [0, 0.05) is 17.8 Å². The maximum absolute atomic E-state index is 13.2. The number of hydrogen-bond donors (Lipinski definition) is 0. The fourth-order valence-corrected chi connectivity index (χ4v) is 4.19. The van der Waals surface area contributed by atoms with E-state index in [0.29, 0.717) is 33.3 Å². The summed E-state index contributed by atoms with van der Waals surface area (Å²) in [5.74, 6) is 1.20. The second kappa shape index (κ2) is 8.20. The lowest BCUT2D eigenvalue weighted by molar-refractivity contribution is 0.397. The highest BCUT2D eigenvalue weighted by Crippen LogP contribution is 2.27. The highest BCUT2D eigenvalue weighted by molar-refractivity contribution is 7.98. The van der Waals surface area contributed by atoms with Gasteiger partial charge >= 0.3 is 0 Å². The summed E-state index contributed by atoms with van der Waals surface area (Å²) in [6.07, 6.45) is 3.34. The molecule has 0 unspecified atom stereocenters. The Hall–Kier alpha value is -3.71. The maximum atomic E-state index is 13.2. The summed E-state index contributed by atoms with van der Waals surface area (Å²) in [6, 6.07) is 21.1. The molecule has 0 radical (unpaired) electrons. The summed E-state index contributed by atoms with van der Waals surface area (Å²) in [6.45, 7) is 2.05. The van der Waals surface area contributed by atoms with Gasteiger partial charge in [-0.1, -0.05) is 58.9 Å². The van der Waals surface area contributed by atoms with Gasteiger partial charge in [0.05, 0.1) is 28.5 Å². The third-order valence-corrected chi connectivity index (χ3v) is 5.86. The number of thioether (sulfide) groups is 1. The second-order valence-electron chi connectivity index (χ2n) is 7.10. The molecule has 0 saturated carbocycles. The van der Waals surface area contributed by atoms with Crippen LogP contribution in [0.2, 0.25) is 0 Å². The zero-order chi connectivity index (χ0) is 21.2. The molecule has 3 heterocycles. The van der Waals surface area contributed by atoms with Crippen molar-refractivity contribution in [1.82, 2.24) is 19.7 Å². The Morgan fingerprint density at radius 2 is 1.87 bits per heavy atom. The van der Waals surface area contributed by atoms with Gasteiger partial charge < -0.3 is 4.52 Å². The molecule has 5 aromatic rings. The summed E-state index contributed by atoms with van der Waals surface area (Å²) in [5, 5.41) is 5.33. The van der Waals surface area contributed by atoms with E-state index in [0.717, 1.165) is 11.3 Å². The highest BCUT2D eigenvalue weighted by atomic mass is 32.2. The van der Waals surface area contributed by atoms with Crippen molar-refractivity contribution in [1.29, 1.82) is 0 Å². The quantitative estimate of drug-likeness (QED) is 0.290. The van der Waals surface area contributed by atoms with Crippen LogP contribution in [0, 0.1) is 6.92 Å². The highest BCUT2D eigenvalue weighted by Gasteiger charge is 2.15. The standard InChI is InChI=1S/C24H18N4O2S/c1-16-8-10-17(11-9-16)22-13-19(30-27-22)15-31-24-26-21-7-3-2-6-20(21)23(29)28(24)18-5-4-12-25-14-18/h2-14H,15H2,1H3. The molecule has 31 heavy (non-hydrogen) atoms. The van der Waals surface area contributed by atoms with Crippen molar-refractivity contribution in [2.45, 2.75) is 17.8 Å². The number of rotatable bonds is 5. The van der Waals surface area contributed by atoms with Gasteiger partial charge in [-0.2, -0.15) is 0 Å². The second-order valence-corrected chi connectivity index (χ2v) is 8.04. The van der Waals surface area contributed by atoms with E-state index < -0.39 is 0 Å². The van der Waals surface area contributed by atoms with Crippen LogP contribution in [0.15, 0.2) is 93.6 Å². The molecule has 5 rings (SSSR count). The fourth-order valence-electron chi connectivity index (χ4n) is 3.30. The zero-order valence-electron chi connectivity index (χ0n) is 16.7. The first kappa shape index (κ1) is 19.3. The van der Waals surface area contributed by atoms with Crippen LogP contribution in [0.4, 0.5) is 0 Å². The minimum Gasteiger partial charge on any atom is -0.360 e. The minimum atomic E-state index is -0.126. The minimum absolute atomic E-state index is 0.126. The van der Waals surface area contributed by atoms with Gasteiger partial charge in [0.1, 0.15) is 11.5 Å². The van der Waals surface area contributed by atoms with E-state index in [2.05, 4.69) is 10.1 Å². The van der Waals surface area contributed by atoms with Crippen molar-refractivity contribution >= 4 is 22.7 Å². The number of hydrogen-bond acceptors (Lipinski definition) is 6. The molecule has 7 heteroatoms. The van der Waals surface area contributed by atoms with Crippen molar-refractivity contribution in [2.24, 2.45) is 0 Å². The number of nitrogens with zero attached hydrogens (tertiary/aromatic N) is 4. The van der Waals surface area contributed by atoms with E-state index in [1.54, 1.807) is 29.1 Å². The predicted octanol–water partition coefficient (Wildman–Crippen LogP) is 5.04. The first-order valence-corrected chi connectivity index (χ1v) is 10.8. The first-order chi connectivity index (χ1) is 15.2. The maximum Gasteiger partial charge on any atom is 0.266 e. The topological polar surface area (TPSA) is 73.8 Å². The average molecular weight is 427 g/mol. The van der Waals surface area contributed by atoms with E-state index in [-0.39, 0.29) is 5.56 Å². The molecular weight excluding hydrogens is 408 g/mol. The number of aryl methyl sites for hydroxylation is 1. The number of aromatic nitrogens is 4. The molecule has 0 aliphatic carbocycles. The lowest BCUT2D eigenvalue weighted by Crippen LogP contribution is -2.21. The van der Waals surface area contributed by atoms with Crippen LogP contribution in [-0.2, 0) is 5.75 Å². The largest absolute Gasteiger partial charge is 0.360 e. The molecule has 0 aliphatic heterocycles. The first-order valence-electron chi connectivity index (χ1n) is 9.77. The molecule has 0 amide bonds. The predicted molar refractivity (Wildman–Crippen MR) is 121 cm³/mol. The molecule has 2 aromatic carbocycles. The Labute approximate surface area is 182 Å². The molecule has 6 nitrogen and oxygen atoms in total. The molecule has 0 fully saturated rings. The number of pyridine rings is 1. The van der Waals surface area contributed by atoms with Crippen molar-refractivity contribution in [2.75, 3.05) is 0 Å². The summed E-state index contributed by atoms with van der Waals surface area (Å²) in [4.78, 5) is 22.1. The van der Waals surface area contributed by atoms with Gasteiger partial charge in [-0.15, -0.1) is 0 Å². The van der Waals surface area contributed by atoms with Crippen molar-refractivity contribution < 1.29 is 4.52 Å². The molecule has 0 saturated heterocycles. The van der Waals surface area contributed by atoms with Crippen LogP contribution in [0.1, 0.15) is 11.3 Å². The zero-order valence-corrected chi connectivity index (χ0v) is 17.5. The van der Waals surface area contributed by atoms with E-state index in [1.165, 1.54) is 17.3 Å². The van der Waals surface area contributed by atoms with E-state index in [9.17, 15) is 4.79 Å². The third kappa shape index (κ3) is 3.87. The SMILES string of the molecule is Cc1ccc(-c2cc(CSc3nc4ccccc4c(=O)n3-c3cccnc3)on2)cc1. The Kier molecular flexibility index (Phi) is 5.09. The van der Waals surface area contributed by atoms with Gasteiger partial charge in [0.25, 0.3) is 5.56 Å². The lowest BCUT2D eigenvalue weighted by atomic mass is 10.1. The van der Waals surface area contributed by atoms with Crippen molar-refractivity contribution in [3.63, 3.8) is 0 Å². The van der Waals surface area contributed by atoms with Crippen molar-refractivity contribution in [3.8, 4) is 16.9 Å². The van der Waals surface area contributed by atoms with Gasteiger partial charge in [-0.25, -0.2) is 4.98 Å². The summed E-state index contributed by atoms with van der Waals surface area (Å²) in [7, 11) is 0. The number of benzene rings is 2. The van der Waals surface area contributed by atoms with Crippen LogP contribution in [0.3, 0.4) is 0 Å². The summed E-state index contributed by atoms with van der Waals surface area (Å²) >= 11 is 1.43. The van der Waals surface area contributed by atoms with E-state index >= 15 is 0 Å². The Bertz CT molecular complexity index is 1410. The molecule has 0 atom stereocenters. The molecule has 0 N–H and O–H groups in total. The Morgan fingerprint density at radius 3 is 2.68 bits per heavy atom. The van der Waals surface area contributed by atoms with Crippen molar-refractivity contribution in [3.05, 3.63) is 101 Å². The monoisotopic (exact) mass is 426 g/mol. The van der Waals surface area contributed by atoms with Crippen LogP contribution < -0.4 is 5.56 Å². The Balaban J connectivity index is 1.49. The van der Waals surface area contributed by atoms with Gasteiger partial charge in [0.15, 0.2) is 5.16 Å². The molecule has 0 spiro atoms. The smallest absolute Gasteiger partial charge is 0.266 e. The van der Waals surface area contributed by atoms with Crippen LogP contribution in [0.25, 0.3) is 27.8 Å². The number of para-hydroxylation sites is 1. The molecular formula is C24H18N4O2S. The molecule has 152 valence electrons. The average Bonchev–Trinajstić information content (AvgIpc) is 3.28. The summed E-state index contributed by atoms with van der Waals surface area (Å²) in [5.41, 5.74) is 4.19. The van der Waals surface area contributed by atoms with E-state index in [4.69, 9.17) is 9.51 Å². The van der Waals surface area contributed by atoms with Gasteiger partial charge in [0.2, 0.25) is 0 Å². The summed E-state index contributed by atoms with van der Waals surface area (Å²) < 4.78 is 7.13. The van der Waals surface area contributed by atoms with Crippen LogP contribution >= 0.6 is 11.8 Å². The molecule has 0 aliphatic rings. The molecule has 0 bridgehead atoms. The number of fused-ring (bicyclic) bond motifs is 1. The lowest BCUT2D eigenvalue weighted by Gasteiger charge is -2.12. The van der Waals surface area contributed by atoms with E-state index in [1.807, 2.05) is 61.5 Å².